The molecule has 2 rings (SSSR count). The highest BCUT2D eigenvalue weighted by Gasteiger charge is 2.39. The van der Waals surface area contributed by atoms with E-state index in [4.69, 9.17) is 5.73 Å². The lowest BCUT2D eigenvalue weighted by atomic mass is 9.77. The van der Waals surface area contributed by atoms with E-state index >= 15 is 0 Å². The highest BCUT2D eigenvalue weighted by molar-refractivity contribution is 5.27. The van der Waals surface area contributed by atoms with Crippen LogP contribution in [0.4, 0.5) is 4.39 Å². The van der Waals surface area contributed by atoms with Crippen molar-refractivity contribution in [3.63, 3.8) is 0 Å². The van der Waals surface area contributed by atoms with Gasteiger partial charge in [-0.05, 0) is 56.5 Å². The van der Waals surface area contributed by atoms with Crippen LogP contribution in [0.25, 0.3) is 0 Å². The molecule has 2 nitrogen and oxygen atoms in total. The summed E-state index contributed by atoms with van der Waals surface area (Å²) in [5.41, 5.74) is 7.63. The summed E-state index contributed by atoms with van der Waals surface area (Å²) in [7, 11) is 0. The number of hydrogen-bond acceptors (Lipinski definition) is 2. The average molecular weight is 292 g/mol. The summed E-state index contributed by atoms with van der Waals surface area (Å²) in [6, 6.07) is 7.20. The zero-order valence-electron chi connectivity index (χ0n) is 13.4. The van der Waals surface area contributed by atoms with Crippen molar-refractivity contribution >= 4 is 0 Å². The normalized spacial score (nSPS) is 20.4. The molecule has 0 saturated carbocycles. The molecule has 1 heterocycles. The first kappa shape index (κ1) is 16.4. The lowest BCUT2D eigenvalue weighted by Gasteiger charge is -2.43. The van der Waals surface area contributed by atoms with Gasteiger partial charge in [0.2, 0.25) is 0 Å². The predicted molar refractivity (Wildman–Crippen MR) is 86.7 cm³/mol. The fourth-order valence-electron chi connectivity index (χ4n) is 3.77. The zero-order chi connectivity index (χ0) is 15.3. The maximum Gasteiger partial charge on any atom is 0.123 e. The molecule has 1 aliphatic rings. The first-order valence-corrected chi connectivity index (χ1v) is 8.40. The summed E-state index contributed by atoms with van der Waals surface area (Å²) < 4.78 is 13.3. The Balaban J connectivity index is 2.34. The number of benzene rings is 1. The van der Waals surface area contributed by atoms with E-state index in [0.717, 1.165) is 44.3 Å². The summed E-state index contributed by atoms with van der Waals surface area (Å²) in [6.45, 7) is 6.70. The Bertz CT molecular complexity index is 425. The summed E-state index contributed by atoms with van der Waals surface area (Å²) in [5.74, 6) is -0.189. The van der Waals surface area contributed by atoms with Gasteiger partial charge in [-0.15, -0.1) is 0 Å². The molecule has 0 radical (unpaired) electrons. The molecule has 1 aliphatic heterocycles. The van der Waals surface area contributed by atoms with Crippen LogP contribution in [0.15, 0.2) is 24.3 Å². The molecule has 1 saturated heterocycles. The Hall–Kier alpha value is -0.930. The molecule has 1 aromatic carbocycles. The molecule has 0 aromatic heterocycles. The van der Waals surface area contributed by atoms with Crippen molar-refractivity contribution in [2.24, 2.45) is 5.73 Å². The van der Waals surface area contributed by atoms with E-state index in [1.807, 2.05) is 12.1 Å². The smallest absolute Gasteiger partial charge is 0.123 e. The molecule has 21 heavy (non-hydrogen) atoms. The standard InChI is InChI=1S/C18H29FN2/c1-3-7-17(21-13-5-6-14-21)18(20,12-4-2)15-8-10-16(19)11-9-15/h8-11,17H,3-7,12-14,20H2,1-2H3. The van der Waals surface area contributed by atoms with Crippen LogP contribution >= 0.6 is 0 Å². The zero-order valence-corrected chi connectivity index (χ0v) is 13.4. The van der Waals surface area contributed by atoms with Crippen LogP contribution < -0.4 is 5.73 Å². The van der Waals surface area contributed by atoms with E-state index in [2.05, 4.69) is 18.7 Å². The topological polar surface area (TPSA) is 29.3 Å². The number of halogens is 1. The van der Waals surface area contributed by atoms with Gasteiger partial charge in [0.05, 0.1) is 5.54 Å². The summed E-state index contributed by atoms with van der Waals surface area (Å²) in [5, 5.41) is 0. The van der Waals surface area contributed by atoms with Crippen LogP contribution in [-0.2, 0) is 5.54 Å². The largest absolute Gasteiger partial charge is 0.320 e. The van der Waals surface area contributed by atoms with Gasteiger partial charge >= 0.3 is 0 Å². The maximum atomic E-state index is 13.3. The third-order valence-corrected chi connectivity index (χ3v) is 4.78. The second-order valence-corrected chi connectivity index (χ2v) is 6.34. The lowest BCUT2D eigenvalue weighted by Crippen LogP contribution is -2.55. The third-order valence-electron chi connectivity index (χ3n) is 4.78. The first-order valence-electron chi connectivity index (χ1n) is 8.40. The fourth-order valence-corrected chi connectivity index (χ4v) is 3.77. The van der Waals surface area contributed by atoms with Crippen molar-refractivity contribution in [3.05, 3.63) is 35.6 Å². The SMILES string of the molecule is CCCC(N1CCCC1)C(N)(CCC)c1ccc(F)cc1. The Morgan fingerprint density at radius 2 is 1.76 bits per heavy atom. The summed E-state index contributed by atoms with van der Waals surface area (Å²) in [4.78, 5) is 2.56. The van der Waals surface area contributed by atoms with Crippen LogP contribution in [0, 0.1) is 5.82 Å². The molecule has 0 amide bonds. The van der Waals surface area contributed by atoms with Crippen molar-refractivity contribution in [1.82, 2.24) is 4.90 Å². The van der Waals surface area contributed by atoms with E-state index in [-0.39, 0.29) is 11.4 Å². The van der Waals surface area contributed by atoms with Gasteiger partial charge in [0.15, 0.2) is 0 Å². The van der Waals surface area contributed by atoms with Gasteiger partial charge in [0.1, 0.15) is 5.82 Å². The number of nitrogens with two attached hydrogens (primary N) is 1. The predicted octanol–water partition coefficient (Wildman–Crippen LogP) is 4.04. The van der Waals surface area contributed by atoms with E-state index in [9.17, 15) is 4.39 Å². The van der Waals surface area contributed by atoms with Gasteiger partial charge in [-0.25, -0.2) is 4.39 Å². The van der Waals surface area contributed by atoms with Gasteiger partial charge < -0.3 is 5.73 Å². The first-order chi connectivity index (χ1) is 10.1. The Morgan fingerprint density at radius 1 is 1.14 bits per heavy atom. The second kappa shape index (κ2) is 7.37. The number of hydrogen-bond donors (Lipinski definition) is 1. The van der Waals surface area contributed by atoms with Gasteiger partial charge in [0.25, 0.3) is 0 Å². The molecule has 2 N–H and O–H groups in total. The monoisotopic (exact) mass is 292 g/mol. The van der Waals surface area contributed by atoms with Crippen molar-refractivity contribution in [2.75, 3.05) is 13.1 Å². The molecule has 0 bridgehead atoms. The quantitative estimate of drug-likeness (QED) is 0.821. The molecule has 0 aliphatic carbocycles. The molecule has 118 valence electrons. The highest BCUT2D eigenvalue weighted by atomic mass is 19.1. The average Bonchev–Trinajstić information content (AvgIpc) is 2.99. The molecule has 1 fully saturated rings. The van der Waals surface area contributed by atoms with Crippen LogP contribution in [0.2, 0.25) is 0 Å². The van der Waals surface area contributed by atoms with E-state index in [1.54, 1.807) is 12.1 Å². The molecular weight excluding hydrogens is 263 g/mol. The van der Waals surface area contributed by atoms with E-state index in [1.165, 1.54) is 12.8 Å². The molecule has 0 spiro atoms. The minimum absolute atomic E-state index is 0.189. The van der Waals surface area contributed by atoms with Crippen LogP contribution in [0.1, 0.15) is 57.9 Å². The number of likely N-dealkylation sites (tertiary alicyclic amines) is 1. The maximum absolute atomic E-state index is 13.3. The van der Waals surface area contributed by atoms with Gasteiger partial charge in [0, 0.05) is 6.04 Å². The minimum Gasteiger partial charge on any atom is -0.320 e. The Kier molecular flexibility index (Phi) is 5.77. The van der Waals surface area contributed by atoms with E-state index < -0.39 is 0 Å². The second-order valence-electron chi connectivity index (χ2n) is 6.34. The molecule has 2 atom stereocenters. The summed E-state index contributed by atoms with van der Waals surface area (Å²) in [6.07, 6.45) is 6.76. The van der Waals surface area contributed by atoms with Crippen molar-refractivity contribution in [2.45, 2.75) is 64.0 Å². The summed E-state index contributed by atoms with van der Waals surface area (Å²) >= 11 is 0. The van der Waals surface area contributed by atoms with Gasteiger partial charge in [-0.1, -0.05) is 38.8 Å². The highest BCUT2D eigenvalue weighted by Crippen LogP contribution is 2.35. The molecule has 3 heteroatoms. The minimum atomic E-state index is -0.372. The molecule has 1 aromatic rings. The molecule has 2 unspecified atom stereocenters. The van der Waals surface area contributed by atoms with E-state index in [0.29, 0.717) is 6.04 Å². The Morgan fingerprint density at radius 3 is 2.29 bits per heavy atom. The van der Waals surface area contributed by atoms with Crippen LogP contribution in [0.3, 0.4) is 0 Å². The Labute approximate surface area is 128 Å². The fraction of sp³-hybridized carbons (Fsp3) is 0.667. The van der Waals surface area contributed by atoms with Crippen molar-refractivity contribution in [1.29, 1.82) is 0 Å². The lowest BCUT2D eigenvalue weighted by molar-refractivity contribution is 0.126. The number of rotatable bonds is 7. The number of nitrogens with zero attached hydrogens (tertiary/aromatic N) is 1. The van der Waals surface area contributed by atoms with Gasteiger partial charge in [-0.3, -0.25) is 4.90 Å². The van der Waals surface area contributed by atoms with Crippen molar-refractivity contribution < 1.29 is 4.39 Å². The third kappa shape index (κ3) is 3.64. The van der Waals surface area contributed by atoms with Crippen LogP contribution in [-0.4, -0.2) is 24.0 Å². The van der Waals surface area contributed by atoms with Gasteiger partial charge in [-0.2, -0.15) is 0 Å². The van der Waals surface area contributed by atoms with Crippen molar-refractivity contribution in [3.8, 4) is 0 Å². The molecular formula is C18H29FN2. The van der Waals surface area contributed by atoms with Crippen LogP contribution in [0.5, 0.6) is 0 Å².